The maximum absolute atomic E-state index is 12.5. The van der Waals surface area contributed by atoms with E-state index in [9.17, 15) is 26.4 Å². The van der Waals surface area contributed by atoms with E-state index in [1.165, 1.54) is 0 Å². The first-order valence-electron chi connectivity index (χ1n) is 6.71. The lowest BCUT2D eigenvalue weighted by molar-refractivity contribution is -0.181. The minimum Gasteiger partial charge on any atom is -0.466 e. The molecule has 1 aliphatic heterocycles. The summed E-state index contributed by atoms with van der Waals surface area (Å²) in [5.74, 6) is -3.65. The van der Waals surface area contributed by atoms with E-state index in [4.69, 9.17) is 9.47 Å². The van der Waals surface area contributed by atoms with Crippen molar-refractivity contribution in [1.82, 2.24) is 0 Å². The lowest BCUT2D eigenvalue weighted by Gasteiger charge is -2.32. The van der Waals surface area contributed by atoms with Crippen LogP contribution >= 0.6 is 0 Å². The highest BCUT2D eigenvalue weighted by Gasteiger charge is 2.64. The number of carbonyl (C=O) groups excluding carboxylic acids is 1. The van der Waals surface area contributed by atoms with Gasteiger partial charge in [-0.15, -0.1) is 0 Å². The van der Waals surface area contributed by atoms with Crippen LogP contribution in [0.2, 0.25) is 0 Å². The quantitative estimate of drug-likeness (QED) is 0.423. The zero-order valence-corrected chi connectivity index (χ0v) is 12.7. The number of esters is 1. The van der Waals surface area contributed by atoms with E-state index in [2.05, 4.69) is 8.92 Å². The first kappa shape index (κ1) is 16.5. The van der Waals surface area contributed by atoms with Crippen LogP contribution in [0.4, 0.5) is 13.2 Å². The Morgan fingerprint density at radius 1 is 1.30 bits per heavy atom. The van der Waals surface area contributed by atoms with Crippen LogP contribution in [0.1, 0.15) is 12.8 Å². The Balaban J connectivity index is 1.98. The van der Waals surface area contributed by atoms with Crippen molar-refractivity contribution in [3.8, 4) is 0 Å². The van der Waals surface area contributed by atoms with E-state index in [1.807, 2.05) is 0 Å². The Morgan fingerprint density at radius 2 is 1.91 bits per heavy atom. The second-order valence-electron chi connectivity index (χ2n) is 5.45. The molecule has 1 spiro atoms. The van der Waals surface area contributed by atoms with Gasteiger partial charge in [-0.25, -0.2) is 4.79 Å². The van der Waals surface area contributed by atoms with Gasteiger partial charge in [0, 0.05) is 18.3 Å². The second kappa shape index (κ2) is 5.08. The summed E-state index contributed by atoms with van der Waals surface area (Å²) in [5, 5.41) is 0. The van der Waals surface area contributed by atoms with Crippen molar-refractivity contribution in [2.75, 3.05) is 20.3 Å². The van der Waals surface area contributed by atoms with Gasteiger partial charge in [-0.3, -0.25) is 0 Å². The van der Waals surface area contributed by atoms with Gasteiger partial charge in [0.05, 0.1) is 25.9 Å². The fourth-order valence-corrected chi connectivity index (χ4v) is 3.57. The highest BCUT2D eigenvalue weighted by atomic mass is 32.2. The lowest BCUT2D eigenvalue weighted by Crippen LogP contribution is -2.39. The monoisotopic (exact) mass is 358 g/mol. The number of rotatable bonds is 3. The van der Waals surface area contributed by atoms with Gasteiger partial charge < -0.3 is 18.4 Å². The van der Waals surface area contributed by atoms with Crippen molar-refractivity contribution < 1.29 is 44.8 Å². The van der Waals surface area contributed by atoms with E-state index >= 15 is 0 Å². The molecule has 7 nitrogen and oxygen atoms in total. The minimum absolute atomic E-state index is 0.219. The van der Waals surface area contributed by atoms with Crippen molar-refractivity contribution in [3.05, 3.63) is 11.3 Å². The van der Waals surface area contributed by atoms with Crippen LogP contribution in [-0.2, 0) is 33.3 Å². The molecule has 0 aromatic heterocycles. The Morgan fingerprint density at radius 3 is 2.43 bits per heavy atom. The number of halogens is 3. The molecule has 0 N–H and O–H groups in total. The third kappa shape index (κ3) is 2.60. The Bertz CT molecular complexity index is 661. The number of methoxy groups -OCH3 is 1. The molecule has 2 atom stereocenters. The summed E-state index contributed by atoms with van der Waals surface area (Å²) >= 11 is 0. The minimum atomic E-state index is -5.86. The normalized spacial score (nSPS) is 29.4. The first-order chi connectivity index (χ1) is 10.6. The zero-order chi connectivity index (χ0) is 17.0. The van der Waals surface area contributed by atoms with E-state index < -0.39 is 39.1 Å². The lowest BCUT2D eigenvalue weighted by atomic mass is 9.92. The molecule has 0 aromatic rings. The van der Waals surface area contributed by atoms with E-state index in [0.717, 1.165) is 7.11 Å². The number of fused-ring (bicyclic) bond motifs is 2. The molecule has 2 unspecified atom stereocenters. The van der Waals surface area contributed by atoms with Crippen LogP contribution in [0.3, 0.4) is 0 Å². The topological polar surface area (TPSA) is 88.1 Å². The van der Waals surface area contributed by atoms with Crippen molar-refractivity contribution in [2.24, 2.45) is 11.8 Å². The predicted octanol–water partition coefficient (Wildman–Crippen LogP) is 1.06. The first-order valence-corrected chi connectivity index (χ1v) is 8.12. The van der Waals surface area contributed by atoms with Gasteiger partial charge in [0.2, 0.25) is 0 Å². The molecule has 23 heavy (non-hydrogen) atoms. The predicted molar refractivity (Wildman–Crippen MR) is 66.0 cm³/mol. The molecule has 0 bridgehead atoms. The fourth-order valence-electron chi connectivity index (χ4n) is 3.02. The summed E-state index contributed by atoms with van der Waals surface area (Å²) < 4.78 is 79.9. The second-order valence-corrected chi connectivity index (χ2v) is 6.99. The molecule has 3 aliphatic rings. The molecule has 0 aromatic carbocycles. The van der Waals surface area contributed by atoms with Crippen molar-refractivity contribution >= 4 is 16.1 Å². The molecule has 130 valence electrons. The van der Waals surface area contributed by atoms with Gasteiger partial charge in [-0.1, -0.05) is 0 Å². The van der Waals surface area contributed by atoms with Crippen LogP contribution in [0.15, 0.2) is 11.3 Å². The fraction of sp³-hybridized carbons (Fsp3) is 0.750. The SMILES string of the molecule is COC(=O)C1=C(OS(=O)(=O)C(F)(F)F)C2CC2C2(C1)OCCO2. The van der Waals surface area contributed by atoms with Gasteiger partial charge in [0.25, 0.3) is 0 Å². The van der Waals surface area contributed by atoms with Crippen LogP contribution in [0.25, 0.3) is 0 Å². The third-order valence-corrected chi connectivity index (χ3v) is 5.07. The molecule has 1 saturated carbocycles. The van der Waals surface area contributed by atoms with Gasteiger partial charge in [0.15, 0.2) is 5.79 Å². The molecule has 11 heteroatoms. The summed E-state index contributed by atoms with van der Waals surface area (Å²) in [5.41, 5.74) is -5.89. The maximum atomic E-state index is 12.5. The van der Waals surface area contributed by atoms with Gasteiger partial charge >= 0.3 is 21.6 Å². The average molecular weight is 358 g/mol. The molecule has 2 aliphatic carbocycles. The Labute approximate surface area is 129 Å². The molecule has 0 amide bonds. The van der Waals surface area contributed by atoms with Gasteiger partial charge in [-0.2, -0.15) is 21.6 Å². The van der Waals surface area contributed by atoms with Crippen LogP contribution < -0.4 is 0 Å². The number of hydrogen-bond acceptors (Lipinski definition) is 7. The highest BCUT2D eigenvalue weighted by molar-refractivity contribution is 7.87. The molecule has 3 rings (SSSR count). The number of alkyl halides is 3. The van der Waals surface area contributed by atoms with Crippen molar-refractivity contribution in [2.45, 2.75) is 24.1 Å². The third-order valence-electron chi connectivity index (χ3n) is 4.10. The molecular formula is C12H13F3O7S. The molecule has 2 fully saturated rings. The molecule has 1 heterocycles. The largest absolute Gasteiger partial charge is 0.534 e. The zero-order valence-electron chi connectivity index (χ0n) is 11.9. The molecule has 1 saturated heterocycles. The van der Waals surface area contributed by atoms with Gasteiger partial charge in [0.1, 0.15) is 5.76 Å². The number of carbonyl (C=O) groups is 1. The summed E-state index contributed by atoms with van der Waals surface area (Å²) in [6, 6.07) is 0. The highest BCUT2D eigenvalue weighted by Crippen LogP contribution is 2.60. The Kier molecular flexibility index (Phi) is 3.65. The van der Waals surface area contributed by atoms with Crippen LogP contribution in [-0.4, -0.2) is 46.0 Å². The summed E-state index contributed by atoms with van der Waals surface area (Å²) in [4.78, 5) is 11.9. The average Bonchev–Trinajstić information content (AvgIpc) is 3.14. The van der Waals surface area contributed by atoms with Crippen LogP contribution in [0, 0.1) is 11.8 Å². The van der Waals surface area contributed by atoms with Crippen molar-refractivity contribution in [1.29, 1.82) is 0 Å². The number of allylic oxidation sites excluding steroid dienone is 1. The summed E-state index contributed by atoms with van der Waals surface area (Å²) in [7, 11) is -4.83. The smallest absolute Gasteiger partial charge is 0.466 e. The van der Waals surface area contributed by atoms with Crippen molar-refractivity contribution in [3.63, 3.8) is 0 Å². The standard InChI is InChI=1S/C12H13F3O7S/c1-19-10(16)7-5-11(20-2-3-21-11)8-4-6(8)9(7)22-23(17,18)12(13,14)15/h6,8H,2-5H2,1H3. The summed E-state index contributed by atoms with van der Waals surface area (Å²) in [6.45, 7) is 0.573. The van der Waals surface area contributed by atoms with E-state index in [1.54, 1.807) is 0 Å². The van der Waals surface area contributed by atoms with Crippen LogP contribution in [0.5, 0.6) is 0 Å². The maximum Gasteiger partial charge on any atom is 0.534 e. The van der Waals surface area contributed by atoms with E-state index in [0.29, 0.717) is 6.42 Å². The molecule has 0 radical (unpaired) electrons. The van der Waals surface area contributed by atoms with Gasteiger partial charge in [-0.05, 0) is 6.42 Å². The summed E-state index contributed by atoms with van der Waals surface area (Å²) in [6.07, 6.45) is 0.0900. The Hall–Kier alpha value is -1.33. The molecular weight excluding hydrogens is 345 g/mol. The van der Waals surface area contributed by atoms with E-state index in [-0.39, 0.29) is 31.1 Å². The number of ether oxygens (including phenoxy) is 3. The number of hydrogen-bond donors (Lipinski definition) is 0.